The third-order valence-electron chi connectivity index (χ3n) is 3.31. The fourth-order valence-corrected chi connectivity index (χ4v) is 2.33. The molecule has 0 amide bonds. The maximum Gasteiger partial charge on any atom is 0.0642 e. The summed E-state index contributed by atoms with van der Waals surface area (Å²) in [5, 5.41) is 0. The van der Waals surface area contributed by atoms with E-state index in [1.54, 1.807) is 0 Å². The Kier molecular flexibility index (Phi) is 3.43. The van der Waals surface area contributed by atoms with Gasteiger partial charge in [-0.3, -0.25) is 0 Å². The number of ether oxygens (including phenoxy) is 1. The van der Waals surface area contributed by atoms with Crippen LogP contribution in [0.2, 0.25) is 0 Å². The summed E-state index contributed by atoms with van der Waals surface area (Å²) in [5.74, 6) is 0. The van der Waals surface area contributed by atoms with E-state index in [-0.39, 0.29) is 5.41 Å². The molecule has 0 N–H and O–H groups in total. The highest BCUT2D eigenvalue weighted by molar-refractivity contribution is 5.57. The van der Waals surface area contributed by atoms with Gasteiger partial charge in [0.1, 0.15) is 0 Å². The van der Waals surface area contributed by atoms with Gasteiger partial charge in [0, 0.05) is 18.8 Å². The zero-order valence-electron chi connectivity index (χ0n) is 11.4. The van der Waals surface area contributed by atoms with Gasteiger partial charge in [0.15, 0.2) is 0 Å². The van der Waals surface area contributed by atoms with Crippen LogP contribution in [0.3, 0.4) is 0 Å². The van der Waals surface area contributed by atoms with Crippen molar-refractivity contribution in [2.24, 2.45) is 0 Å². The van der Waals surface area contributed by atoms with Crippen LogP contribution in [0.15, 0.2) is 18.2 Å². The number of anilines is 1. The summed E-state index contributed by atoms with van der Waals surface area (Å²) in [7, 11) is 0. The molecule has 1 aliphatic heterocycles. The van der Waals surface area contributed by atoms with E-state index in [9.17, 15) is 0 Å². The Morgan fingerprint density at radius 2 is 1.76 bits per heavy atom. The molecule has 0 unspecified atom stereocenters. The minimum absolute atomic E-state index is 0.194. The summed E-state index contributed by atoms with van der Waals surface area (Å²) in [5.41, 5.74) is 4.36. The minimum Gasteiger partial charge on any atom is -0.378 e. The summed E-state index contributed by atoms with van der Waals surface area (Å²) in [4.78, 5) is 2.45. The average Bonchev–Trinajstić information content (AvgIpc) is 2.29. The molecule has 94 valence electrons. The Labute approximate surface area is 105 Å². The highest BCUT2D eigenvalue weighted by Crippen LogP contribution is 2.33. The molecule has 0 atom stereocenters. The summed E-state index contributed by atoms with van der Waals surface area (Å²) >= 11 is 0. The van der Waals surface area contributed by atoms with Crippen molar-refractivity contribution in [1.29, 1.82) is 0 Å². The van der Waals surface area contributed by atoms with Crippen LogP contribution in [0.5, 0.6) is 0 Å². The molecule has 1 aromatic rings. The highest BCUT2D eigenvalue weighted by atomic mass is 16.5. The molecule has 1 aromatic carbocycles. The van der Waals surface area contributed by atoms with Crippen molar-refractivity contribution in [1.82, 2.24) is 0 Å². The second kappa shape index (κ2) is 4.69. The van der Waals surface area contributed by atoms with Gasteiger partial charge in [-0.2, -0.15) is 0 Å². The van der Waals surface area contributed by atoms with Crippen LogP contribution in [-0.4, -0.2) is 26.3 Å². The van der Waals surface area contributed by atoms with E-state index in [0.717, 1.165) is 26.3 Å². The average molecular weight is 233 g/mol. The molecular formula is C15H23NO. The van der Waals surface area contributed by atoms with Crippen LogP contribution in [0.25, 0.3) is 0 Å². The van der Waals surface area contributed by atoms with Crippen molar-refractivity contribution in [3.8, 4) is 0 Å². The Morgan fingerprint density at radius 1 is 1.12 bits per heavy atom. The first-order chi connectivity index (χ1) is 7.98. The standard InChI is InChI=1S/C15H23NO/c1-12-5-6-14(13(11-12)15(2,3)4)16-7-9-17-10-8-16/h5-6,11H,7-10H2,1-4H3. The number of morpholine rings is 1. The van der Waals surface area contributed by atoms with Crippen molar-refractivity contribution >= 4 is 5.69 Å². The zero-order chi connectivity index (χ0) is 12.5. The molecule has 2 nitrogen and oxygen atoms in total. The Hall–Kier alpha value is -1.02. The Balaban J connectivity index is 2.38. The first kappa shape index (κ1) is 12.4. The van der Waals surface area contributed by atoms with E-state index < -0.39 is 0 Å². The van der Waals surface area contributed by atoms with Crippen LogP contribution in [0.4, 0.5) is 5.69 Å². The molecule has 1 aliphatic rings. The minimum atomic E-state index is 0.194. The lowest BCUT2D eigenvalue weighted by Crippen LogP contribution is -2.37. The Bertz CT molecular complexity index is 386. The second-order valence-electron chi connectivity index (χ2n) is 5.87. The largest absolute Gasteiger partial charge is 0.378 e. The van der Waals surface area contributed by atoms with Crippen molar-refractivity contribution in [3.05, 3.63) is 29.3 Å². The second-order valence-corrected chi connectivity index (χ2v) is 5.87. The molecule has 1 saturated heterocycles. The van der Waals surface area contributed by atoms with Gasteiger partial charge in [0.2, 0.25) is 0 Å². The van der Waals surface area contributed by atoms with Gasteiger partial charge >= 0.3 is 0 Å². The molecule has 0 saturated carbocycles. The summed E-state index contributed by atoms with van der Waals surface area (Å²) in [6.07, 6.45) is 0. The van der Waals surface area contributed by atoms with Crippen LogP contribution in [0.1, 0.15) is 31.9 Å². The predicted molar refractivity (Wildman–Crippen MR) is 72.9 cm³/mol. The van der Waals surface area contributed by atoms with Gasteiger partial charge in [0.25, 0.3) is 0 Å². The van der Waals surface area contributed by atoms with Gasteiger partial charge in [0.05, 0.1) is 13.2 Å². The van der Waals surface area contributed by atoms with Crippen molar-refractivity contribution in [2.45, 2.75) is 33.1 Å². The van der Waals surface area contributed by atoms with E-state index in [1.807, 2.05) is 0 Å². The molecule has 2 rings (SSSR count). The summed E-state index contributed by atoms with van der Waals surface area (Å²) in [6, 6.07) is 6.80. The third-order valence-corrected chi connectivity index (χ3v) is 3.31. The van der Waals surface area contributed by atoms with Crippen molar-refractivity contribution < 1.29 is 4.74 Å². The number of nitrogens with zero attached hydrogens (tertiary/aromatic N) is 1. The summed E-state index contributed by atoms with van der Waals surface area (Å²) in [6.45, 7) is 12.7. The van der Waals surface area contributed by atoms with Crippen LogP contribution < -0.4 is 4.90 Å². The smallest absolute Gasteiger partial charge is 0.0642 e. The van der Waals surface area contributed by atoms with E-state index >= 15 is 0 Å². The molecule has 2 heteroatoms. The third kappa shape index (κ3) is 2.81. The number of aryl methyl sites for hydroxylation is 1. The van der Waals surface area contributed by atoms with Gasteiger partial charge in [-0.05, 0) is 24.0 Å². The van der Waals surface area contributed by atoms with Gasteiger partial charge < -0.3 is 9.64 Å². The zero-order valence-corrected chi connectivity index (χ0v) is 11.4. The van der Waals surface area contributed by atoms with Gasteiger partial charge in [-0.15, -0.1) is 0 Å². The fraction of sp³-hybridized carbons (Fsp3) is 0.600. The number of benzene rings is 1. The SMILES string of the molecule is Cc1ccc(N2CCOCC2)c(C(C)(C)C)c1. The lowest BCUT2D eigenvalue weighted by molar-refractivity contribution is 0.122. The van der Waals surface area contributed by atoms with E-state index in [2.05, 4.69) is 50.8 Å². The van der Waals surface area contributed by atoms with Crippen LogP contribution >= 0.6 is 0 Å². The van der Waals surface area contributed by atoms with Crippen LogP contribution in [-0.2, 0) is 10.2 Å². The normalized spacial score (nSPS) is 17.3. The topological polar surface area (TPSA) is 12.5 Å². The molecule has 0 radical (unpaired) electrons. The number of hydrogen-bond donors (Lipinski definition) is 0. The lowest BCUT2D eigenvalue weighted by Gasteiger charge is -2.34. The van der Waals surface area contributed by atoms with E-state index in [1.165, 1.54) is 16.8 Å². The maximum atomic E-state index is 5.43. The van der Waals surface area contributed by atoms with Crippen molar-refractivity contribution in [3.63, 3.8) is 0 Å². The molecule has 1 fully saturated rings. The predicted octanol–water partition coefficient (Wildman–Crippen LogP) is 3.13. The lowest BCUT2D eigenvalue weighted by atomic mass is 9.84. The fourth-order valence-electron chi connectivity index (χ4n) is 2.33. The van der Waals surface area contributed by atoms with E-state index in [0.29, 0.717) is 0 Å². The number of hydrogen-bond acceptors (Lipinski definition) is 2. The van der Waals surface area contributed by atoms with E-state index in [4.69, 9.17) is 4.74 Å². The first-order valence-electron chi connectivity index (χ1n) is 6.42. The molecular weight excluding hydrogens is 210 g/mol. The first-order valence-corrected chi connectivity index (χ1v) is 6.42. The molecule has 0 aromatic heterocycles. The van der Waals surface area contributed by atoms with Crippen molar-refractivity contribution in [2.75, 3.05) is 31.2 Å². The highest BCUT2D eigenvalue weighted by Gasteiger charge is 2.22. The quantitative estimate of drug-likeness (QED) is 0.739. The maximum absolute atomic E-state index is 5.43. The monoisotopic (exact) mass is 233 g/mol. The van der Waals surface area contributed by atoms with Gasteiger partial charge in [-0.1, -0.05) is 38.5 Å². The summed E-state index contributed by atoms with van der Waals surface area (Å²) < 4.78 is 5.43. The van der Waals surface area contributed by atoms with Crippen LogP contribution in [0, 0.1) is 6.92 Å². The molecule has 0 bridgehead atoms. The van der Waals surface area contributed by atoms with Gasteiger partial charge in [-0.25, -0.2) is 0 Å². The Morgan fingerprint density at radius 3 is 2.35 bits per heavy atom. The molecule has 1 heterocycles. The molecule has 0 spiro atoms. The number of rotatable bonds is 1. The molecule has 0 aliphatic carbocycles. The molecule has 17 heavy (non-hydrogen) atoms.